The number of thioether (sulfide) groups is 1. The number of anilines is 1. The first-order chi connectivity index (χ1) is 12.5. The van der Waals surface area contributed by atoms with Crippen molar-refractivity contribution in [3.63, 3.8) is 0 Å². The number of thiocarbonyl (C=S) groups is 1. The molecule has 1 fully saturated rings. The Labute approximate surface area is 166 Å². The minimum atomic E-state index is -0.196. The third kappa shape index (κ3) is 3.70. The van der Waals surface area contributed by atoms with Crippen LogP contribution < -0.4 is 14.4 Å². The zero-order valence-corrected chi connectivity index (χ0v) is 16.5. The largest absolute Gasteiger partial charge is 0.491 e. The van der Waals surface area contributed by atoms with Crippen LogP contribution >= 0.6 is 35.6 Å². The molecule has 0 aliphatic carbocycles. The normalized spacial score (nSPS) is 15.7. The fourth-order valence-electron chi connectivity index (χ4n) is 2.46. The van der Waals surface area contributed by atoms with Crippen LogP contribution in [0.3, 0.4) is 0 Å². The molecule has 26 heavy (non-hydrogen) atoms. The van der Waals surface area contributed by atoms with E-state index in [4.69, 9.17) is 33.3 Å². The Morgan fingerprint density at radius 3 is 2.88 bits per heavy atom. The highest BCUT2D eigenvalue weighted by molar-refractivity contribution is 8.27. The third-order valence-corrected chi connectivity index (χ3v) is 5.11. The minimum absolute atomic E-state index is 0.196. The van der Waals surface area contributed by atoms with Crippen LogP contribution in [0.2, 0.25) is 5.02 Å². The number of nitrogens with zero attached hydrogens (tertiary/aromatic N) is 2. The van der Waals surface area contributed by atoms with Crippen molar-refractivity contribution in [2.24, 2.45) is 0 Å². The van der Waals surface area contributed by atoms with Crippen LogP contribution in [0, 0.1) is 0 Å². The number of carbonyl (C=O) groups excluding carboxylic acids is 1. The maximum absolute atomic E-state index is 12.8. The molecular formula is C18H15ClN2O3S2. The summed E-state index contributed by atoms with van der Waals surface area (Å²) in [7, 11) is 1.53. The Hall–Kier alpha value is -2.09. The molecule has 5 nitrogen and oxygen atoms in total. The summed E-state index contributed by atoms with van der Waals surface area (Å²) in [5, 5.41) is 0.410. The van der Waals surface area contributed by atoms with Gasteiger partial charge in [0.25, 0.3) is 5.91 Å². The number of hydrogen-bond donors (Lipinski definition) is 0. The lowest BCUT2D eigenvalue weighted by molar-refractivity contribution is -0.113. The highest BCUT2D eigenvalue weighted by atomic mass is 35.5. The topological polar surface area (TPSA) is 51.7 Å². The Bertz CT molecular complexity index is 888. The summed E-state index contributed by atoms with van der Waals surface area (Å²) < 4.78 is 11.3. The molecule has 1 aromatic carbocycles. The number of amides is 1. The summed E-state index contributed by atoms with van der Waals surface area (Å²) in [5.74, 6) is 0.794. The monoisotopic (exact) mass is 406 g/mol. The molecule has 0 bridgehead atoms. The van der Waals surface area contributed by atoms with Gasteiger partial charge in [0.05, 0.1) is 35.5 Å². The van der Waals surface area contributed by atoms with Crippen molar-refractivity contribution in [3.8, 4) is 11.5 Å². The van der Waals surface area contributed by atoms with E-state index in [2.05, 4.69) is 4.98 Å². The summed E-state index contributed by atoms with van der Waals surface area (Å²) in [4.78, 5) is 18.8. The summed E-state index contributed by atoms with van der Waals surface area (Å²) in [5.41, 5.74) is 1.37. The lowest BCUT2D eigenvalue weighted by Crippen LogP contribution is -2.27. The van der Waals surface area contributed by atoms with Gasteiger partial charge in [-0.15, -0.1) is 0 Å². The number of halogens is 1. The third-order valence-electron chi connectivity index (χ3n) is 3.53. The molecule has 8 heteroatoms. The van der Waals surface area contributed by atoms with Crippen LogP contribution in [0.5, 0.6) is 11.5 Å². The molecular weight excluding hydrogens is 392 g/mol. The van der Waals surface area contributed by atoms with E-state index in [9.17, 15) is 4.79 Å². The summed E-state index contributed by atoms with van der Waals surface area (Å²) in [6, 6.07) is 7.05. The van der Waals surface area contributed by atoms with Gasteiger partial charge >= 0.3 is 0 Å². The first-order valence-electron chi connectivity index (χ1n) is 7.73. The Balaban J connectivity index is 1.96. The van der Waals surface area contributed by atoms with Crippen LogP contribution in [0.25, 0.3) is 6.08 Å². The van der Waals surface area contributed by atoms with E-state index in [1.165, 1.54) is 23.8 Å². The molecule has 0 unspecified atom stereocenters. The number of methoxy groups -OCH3 is 1. The van der Waals surface area contributed by atoms with Gasteiger partial charge in [0.15, 0.2) is 15.8 Å². The van der Waals surface area contributed by atoms with E-state index in [-0.39, 0.29) is 5.91 Å². The average Bonchev–Trinajstić information content (AvgIpc) is 2.89. The second-order valence-electron chi connectivity index (χ2n) is 5.20. The number of aromatic nitrogens is 1. The molecule has 2 heterocycles. The smallest absolute Gasteiger partial charge is 0.270 e. The maximum atomic E-state index is 12.8. The predicted molar refractivity (Wildman–Crippen MR) is 109 cm³/mol. The maximum Gasteiger partial charge on any atom is 0.270 e. The van der Waals surface area contributed by atoms with Crippen molar-refractivity contribution >= 4 is 57.6 Å². The van der Waals surface area contributed by atoms with Crippen LogP contribution in [-0.4, -0.2) is 28.9 Å². The fraction of sp³-hybridized carbons (Fsp3) is 0.167. The molecule has 134 valence electrons. The van der Waals surface area contributed by atoms with Crippen molar-refractivity contribution in [1.82, 2.24) is 4.98 Å². The van der Waals surface area contributed by atoms with Gasteiger partial charge in [-0.1, -0.05) is 35.6 Å². The van der Waals surface area contributed by atoms with E-state index >= 15 is 0 Å². The zero-order valence-electron chi connectivity index (χ0n) is 14.1. The van der Waals surface area contributed by atoms with E-state index in [0.29, 0.717) is 38.0 Å². The van der Waals surface area contributed by atoms with Crippen molar-refractivity contribution in [2.75, 3.05) is 18.6 Å². The van der Waals surface area contributed by atoms with E-state index in [1.807, 2.05) is 6.92 Å². The summed E-state index contributed by atoms with van der Waals surface area (Å²) in [6.45, 7) is 2.35. The molecule has 3 rings (SSSR count). The lowest BCUT2D eigenvalue weighted by atomic mass is 10.1. The van der Waals surface area contributed by atoms with Crippen LogP contribution in [0.15, 0.2) is 41.6 Å². The fourth-order valence-corrected chi connectivity index (χ4v) is 4.06. The van der Waals surface area contributed by atoms with Gasteiger partial charge in [0.1, 0.15) is 0 Å². The molecule has 0 atom stereocenters. The Morgan fingerprint density at radius 2 is 2.23 bits per heavy atom. The highest BCUT2D eigenvalue weighted by Crippen LogP contribution is 2.39. The first-order valence-corrected chi connectivity index (χ1v) is 9.33. The molecule has 1 saturated heterocycles. The van der Waals surface area contributed by atoms with E-state index in [1.54, 1.807) is 42.7 Å². The Kier molecular flexibility index (Phi) is 5.80. The van der Waals surface area contributed by atoms with Gasteiger partial charge < -0.3 is 9.47 Å². The van der Waals surface area contributed by atoms with Gasteiger partial charge in [0.2, 0.25) is 0 Å². The zero-order chi connectivity index (χ0) is 18.7. The van der Waals surface area contributed by atoms with Crippen molar-refractivity contribution in [1.29, 1.82) is 0 Å². The first kappa shape index (κ1) is 18.7. The van der Waals surface area contributed by atoms with Crippen molar-refractivity contribution in [3.05, 3.63) is 52.2 Å². The SMILES string of the molecule is CCOc1cc(/C=C2\SC(=S)N(c3cccnc3)C2=O)cc(Cl)c1OC. The Morgan fingerprint density at radius 1 is 1.42 bits per heavy atom. The van der Waals surface area contributed by atoms with E-state index in [0.717, 1.165) is 5.56 Å². The molecule has 1 aliphatic rings. The number of pyridine rings is 1. The number of rotatable bonds is 5. The molecule has 2 aromatic rings. The van der Waals surface area contributed by atoms with Crippen molar-refractivity contribution in [2.45, 2.75) is 6.92 Å². The van der Waals surface area contributed by atoms with Crippen LogP contribution in [-0.2, 0) is 4.79 Å². The van der Waals surface area contributed by atoms with Crippen molar-refractivity contribution < 1.29 is 14.3 Å². The summed E-state index contributed by atoms with van der Waals surface area (Å²) >= 11 is 12.9. The molecule has 1 amide bonds. The number of hydrogen-bond acceptors (Lipinski definition) is 6. The predicted octanol–water partition coefficient (Wildman–Crippen LogP) is 4.55. The second-order valence-corrected chi connectivity index (χ2v) is 7.28. The molecule has 0 radical (unpaired) electrons. The molecule has 1 aliphatic heterocycles. The molecule has 1 aromatic heterocycles. The van der Waals surface area contributed by atoms with Gasteiger partial charge in [-0.3, -0.25) is 14.7 Å². The van der Waals surface area contributed by atoms with Crippen LogP contribution in [0.1, 0.15) is 12.5 Å². The van der Waals surface area contributed by atoms with Crippen LogP contribution in [0.4, 0.5) is 5.69 Å². The average molecular weight is 407 g/mol. The lowest BCUT2D eigenvalue weighted by Gasteiger charge is -2.13. The van der Waals surface area contributed by atoms with E-state index < -0.39 is 0 Å². The quantitative estimate of drug-likeness (QED) is 0.536. The number of carbonyl (C=O) groups is 1. The molecule has 0 saturated carbocycles. The molecule has 0 spiro atoms. The van der Waals surface area contributed by atoms with Gasteiger partial charge in [0, 0.05) is 6.20 Å². The molecule has 0 N–H and O–H groups in total. The number of ether oxygens (including phenoxy) is 2. The number of benzene rings is 1. The van der Waals surface area contributed by atoms with Gasteiger partial charge in [-0.05, 0) is 42.8 Å². The van der Waals surface area contributed by atoms with Gasteiger partial charge in [-0.2, -0.15) is 0 Å². The summed E-state index contributed by atoms with van der Waals surface area (Å²) in [6.07, 6.45) is 4.99. The minimum Gasteiger partial charge on any atom is -0.491 e. The van der Waals surface area contributed by atoms with Gasteiger partial charge in [-0.25, -0.2) is 0 Å². The highest BCUT2D eigenvalue weighted by Gasteiger charge is 2.33. The standard InChI is InChI=1S/C18H15ClN2O3S2/c1-3-24-14-8-11(7-13(19)16(14)23-2)9-15-17(22)21(18(25)26-15)12-5-4-6-20-10-12/h4-10H,3H2,1-2H3/b15-9-. The second kappa shape index (κ2) is 8.07.